The van der Waals surface area contributed by atoms with Crippen LogP contribution in [0.25, 0.3) is 6.08 Å². The van der Waals surface area contributed by atoms with Crippen LogP contribution < -0.4 is 10.6 Å². The third-order valence-corrected chi connectivity index (χ3v) is 8.65. The Morgan fingerprint density at radius 2 is 1.84 bits per heavy atom. The molecule has 2 aromatic rings. The van der Waals surface area contributed by atoms with E-state index in [4.69, 9.17) is 0 Å². The maximum absolute atomic E-state index is 13.6. The van der Waals surface area contributed by atoms with Crippen LogP contribution in [-0.2, 0) is 24.0 Å². The van der Waals surface area contributed by atoms with E-state index in [1.807, 2.05) is 0 Å². The number of likely N-dealkylation sites (N-methyl/N-ethyl adjacent to an activating group) is 1. The van der Waals surface area contributed by atoms with Gasteiger partial charge in [0.2, 0.25) is 5.91 Å². The minimum Gasteiger partial charge on any atom is -0.508 e. The number of carboxylic acids is 1. The highest BCUT2D eigenvalue weighted by molar-refractivity contribution is 8.00. The molecule has 2 saturated heterocycles. The molecule has 1 aromatic heterocycles. The van der Waals surface area contributed by atoms with Crippen LogP contribution in [-0.4, -0.2) is 102 Å². The number of urea groups is 1. The lowest BCUT2D eigenvalue weighted by Crippen LogP contribution is -2.71. The monoisotopic (exact) mass is 620 g/mol. The summed E-state index contributed by atoms with van der Waals surface area (Å²) in [6.45, 7) is 2.06. The Kier molecular flexibility index (Phi) is 8.66. The fourth-order valence-corrected chi connectivity index (χ4v) is 6.34. The van der Waals surface area contributed by atoms with Gasteiger partial charge < -0.3 is 25.7 Å². The number of nitrogens with zero attached hydrogens (tertiary/aromatic N) is 4. The van der Waals surface area contributed by atoms with Gasteiger partial charge in [0.25, 0.3) is 5.91 Å². The van der Waals surface area contributed by atoms with Crippen molar-refractivity contribution in [2.75, 3.05) is 25.4 Å². The molecular formula is C29H28N6O8S. The molecule has 0 aliphatic carbocycles. The summed E-state index contributed by atoms with van der Waals surface area (Å²) in [6.07, 6.45) is 6.53. The molecule has 4 N–H and O–H groups in total. The summed E-state index contributed by atoms with van der Waals surface area (Å²) in [5.74, 6) is -4.48. The highest BCUT2D eigenvalue weighted by atomic mass is 32.2. The van der Waals surface area contributed by atoms with Crippen LogP contribution >= 0.6 is 11.8 Å². The lowest BCUT2D eigenvalue weighted by Gasteiger charge is -2.49. The smallest absolute Gasteiger partial charge is 0.352 e. The van der Waals surface area contributed by atoms with E-state index in [2.05, 4.69) is 15.6 Å². The number of carbonyl (C=O) groups excluding carboxylic acids is 5. The lowest BCUT2D eigenvalue weighted by atomic mass is 10.0. The van der Waals surface area contributed by atoms with Crippen molar-refractivity contribution in [3.8, 4) is 5.75 Å². The average molecular weight is 621 g/mol. The van der Waals surface area contributed by atoms with Gasteiger partial charge in [0.15, 0.2) is 0 Å². The number of rotatable bonds is 8. The second kappa shape index (κ2) is 12.6. The Balaban J connectivity index is 1.33. The van der Waals surface area contributed by atoms with Crippen LogP contribution in [0.2, 0.25) is 0 Å². The minimum atomic E-state index is -1.42. The van der Waals surface area contributed by atoms with E-state index in [-0.39, 0.29) is 35.9 Å². The van der Waals surface area contributed by atoms with E-state index in [1.54, 1.807) is 43.6 Å². The number of phenols is 1. The topological polar surface area (TPSA) is 190 Å². The molecule has 3 aliphatic rings. The van der Waals surface area contributed by atoms with E-state index in [0.29, 0.717) is 17.0 Å². The number of hydrogen-bond donors (Lipinski definition) is 4. The average Bonchev–Trinajstić information content (AvgIpc) is 3.02. The Morgan fingerprint density at radius 3 is 2.50 bits per heavy atom. The number of amides is 6. The second-order valence-corrected chi connectivity index (χ2v) is 11.1. The number of imide groups is 1. The molecule has 4 heterocycles. The molecule has 6 amide bonds. The van der Waals surface area contributed by atoms with Crippen molar-refractivity contribution in [3.05, 3.63) is 77.3 Å². The van der Waals surface area contributed by atoms with Gasteiger partial charge in [0, 0.05) is 37.8 Å². The third kappa shape index (κ3) is 5.86. The number of benzene rings is 1. The van der Waals surface area contributed by atoms with Crippen molar-refractivity contribution < 1.29 is 39.0 Å². The van der Waals surface area contributed by atoms with E-state index in [9.17, 15) is 39.0 Å². The van der Waals surface area contributed by atoms with Crippen LogP contribution in [0.3, 0.4) is 0 Å². The lowest BCUT2D eigenvalue weighted by molar-refractivity contribution is -0.153. The number of nitrogens with one attached hydrogen (secondary N) is 2. The summed E-state index contributed by atoms with van der Waals surface area (Å²) in [6, 6.07) is 5.41. The standard InChI is InChI=1S/C29H28N6O8S/c1-2-33-12-13-34(26(40)25(33)39)29(43)32-20(17-7-9-19(36)10-8-17)23(37)31-21-24(38)35-22(28(41)42)18(15-44-27(21)35)6-5-16-4-3-11-30-14-16/h3-11,14,20-21,27,36H,2,12-13,15H2,1H3,(H,31,37)(H,32,43)(H,41,42)/b6-5+/t20?,21?,27-/m1/s1. The van der Waals surface area contributed by atoms with Crippen molar-refractivity contribution >= 4 is 53.5 Å². The van der Waals surface area contributed by atoms with E-state index in [0.717, 1.165) is 10.5 Å². The number of carboxylic acid groups (broad SMARTS) is 1. The molecule has 1 aromatic carbocycles. The van der Waals surface area contributed by atoms with Gasteiger partial charge in [0.05, 0.1) is 0 Å². The Hall–Kier alpha value is -5.18. The molecule has 228 valence electrons. The van der Waals surface area contributed by atoms with E-state index < -0.39 is 53.1 Å². The number of piperazine rings is 1. The fraction of sp³-hybridized carbons (Fsp3) is 0.276. The first-order chi connectivity index (χ1) is 21.1. The van der Waals surface area contributed by atoms with Crippen LogP contribution in [0.4, 0.5) is 4.79 Å². The van der Waals surface area contributed by atoms with E-state index in [1.165, 1.54) is 40.9 Å². The number of carbonyl (C=O) groups is 6. The first kappa shape index (κ1) is 30.3. The van der Waals surface area contributed by atoms with Gasteiger partial charge in [-0.25, -0.2) is 9.59 Å². The number of aromatic hydroxyl groups is 1. The Morgan fingerprint density at radius 1 is 1.09 bits per heavy atom. The van der Waals surface area contributed by atoms with Crippen molar-refractivity contribution in [2.24, 2.45) is 0 Å². The highest BCUT2D eigenvalue weighted by Crippen LogP contribution is 2.41. The molecular weight excluding hydrogens is 592 g/mol. The molecule has 5 rings (SSSR count). The molecule has 3 atom stereocenters. The number of aliphatic carboxylic acids is 1. The zero-order valence-electron chi connectivity index (χ0n) is 23.4. The Labute approximate surface area is 255 Å². The van der Waals surface area contributed by atoms with Crippen LogP contribution in [0.1, 0.15) is 24.1 Å². The van der Waals surface area contributed by atoms with Gasteiger partial charge in [0.1, 0.15) is 28.9 Å². The molecule has 2 fully saturated rings. The zero-order chi connectivity index (χ0) is 31.5. The van der Waals surface area contributed by atoms with Crippen molar-refractivity contribution in [1.29, 1.82) is 0 Å². The summed E-state index contributed by atoms with van der Waals surface area (Å²) < 4.78 is 0. The number of pyridine rings is 1. The van der Waals surface area contributed by atoms with Gasteiger partial charge >= 0.3 is 23.8 Å². The number of fused-ring (bicyclic) bond motifs is 1. The van der Waals surface area contributed by atoms with Gasteiger partial charge in [-0.05, 0) is 41.8 Å². The first-order valence-electron chi connectivity index (χ1n) is 13.6. The van der Waals surface area contributed by atoms with Crippen molar-refractivity contribution in [1.82, 2.24) is 30.3 Å². The summed E-state index contributed by atoms with van der Waals surface area (Å²) in [7, 11) is 0. The van der Waals surface area contributed by atoms with Crippen molar-refractivity contribution in [3.63, 3.8) is 0 Å². The second-order valence-electron chi connectivity index (χ2n) is 10.0. The van der Waals surface area contributed by atoms with Gasteiger partial charge in [-0.1, -0.05) is 30.4 Å². The number of thioether (sulfide) groups is 1. The number of allylic oxidation sites excluding steroid dienone is 1. The normalized spacial score (nSPS) is 20.8. The first-order valence-corrected chi connectivity index (χ1v) is 14.6. The molecule has 3 aliphatic heterocycles. The maximum Gasteiger partial charge on any atom is 0.352 e. The molecule has 2 unspecified atom stereocenters. The van der Waals surface area contributed by atoms with E-state index >= 15 is 0 Å². The summed E-state index contributed by atoms with van der Waals surface area (Å²) in [5.41, 5.74) is 1.20. The summed E-state index contributed by atoms with van der Waals surface area (Å²) in [4.78, 5) is 84.2. The van der Waals surface area contributed by atoms with Crippen LogP contribution in [0, 0.1) is 0 Å². The van der Waals surface area contributed by atoms with Gasteiger partial charge in [-0.3, -0.25) is 34.0 Å². The number of β-lactam (4-membered cyclic amide) rings is 1. The maximum atomic E-state index is 13.6. The number of phenolic OH excluding ortho intramolecular Hbond substituents is 1. The van der Waals surface area contributed by atoms with Crippen LogP contribution in [0.5, 0.6) is 5.75 Å². The Bertz CT molecular complexity index is 1580. The largest absolute Gasteiger partial charge is 0.508 e. The quantitative estimate of drug-likeness (QED) is 0.241. The number of hydrogen-bond acceptors (Lipinski definition) is 9. The molecule has 0 spiro atoms. The van der Waals surface area contributed by atoms with Gasteiger partial charge in [-0.2, -0.15) is 0 Å². The predicted octanol–water partition coefficient (Wildman–Crippen LogP) is 0.681. The van der Waals surface area contributed by atoms with Gasteiger partial charge in [-0.15, -0.1) is 11.8 Å². The summed E-state index contributed by atoms with van der Waals surface area (Å²) in [5, 5.41) is 24.0. The highest BCUT2D eigenvalue weighted by Gasteiger charge is 2.54. The molecule has 14 nitrogen and oxygen atoms in total. The SMILES string of the molecule is CCN1CCN(C(=O)NC(C(=O)NC2C(=O)N3C(C(=O)O)=C(/C=C/c4cccnc4)CS[C@H]23)c2ccc(O)cc2)C(=O)C1=O. The molecule has 0 saturated carbocycles. The van der Waals surface area contributed by atoms with Crippen LogP contribution in [0.15, 0.2) is 66.1 Å². The predicted molar refractivity (Wildman–Crippen MR) is 156 cm³/mol. The third-order valence-electron chi connectivity index (χ3n) is 7.35. The number of aromatic nitrogens is 1. The molecule has 44 heavy (non-hydrogen) atoms. The molecule has 0 radical (unpaired) electrons. The molecule has 0 bridgehead atoms. The summed E-state index contributed by atoms with van der Waals surface area (Å²) >= 11 is 1.27. The fourth-order valence-electron chi connectivity index (χ4n) is 5.02. The van der Waals surface area contributed by atoms with Crippen molar-refractivity contribution in [2.45, 2.75) is 24.4 Å². The molecule has 15 heteroatoms. The zero-order valence-corrected chi connectivity index (χ0v) is 24.2. The minimum absolute atomic E-state index is 0.0786.